The van der Waals surface area contributed by atoms with E-state index in [1.807, 2.05) is 30.3 Å². The Hall–Kier alpha value is -2.43. The number of hydrogen-bond donors (Lipinski definition) is 0. The lowest BCUT2D eigenvalue weighted by Crippen LogP contribution is -2.53. The highest BCUT2D eigenvalue weighted by Crippen LogP contribution is 2.44. The van der Waals surface area contributed by atoms with Crippen LogP contribution in [0.1, 0.15) is 57.7 Å². The second-order valence-electron chi connectivity index (χ2n) is 9.53. The Morgan fingerprint density at radius 2 is 1.55 bits per heavy atom. The van der Waals surface area contributed by atoms with Gasteiger partial charge in [0.25, 0.3) is 0 Å². The van der Waals surface area contributed by atoms with Crippen molar-refractivity contribution in [2.24, 2.45) is 0 Å². The van der Waals surface area contributed by atoms with Crippen LogP contribution < -0.4 is 9.92 Å². The van der Waals surface area contributed by atoms with E-state index >= 15 is 0 Å². The fourth-order valence-corrected chi connectivity index (χ4v) is 10.0. The van der Waals surface area contributed by atoms with Gasteiger partial charge in [-0.15, -0.1) is 0 Å². The van der Waals surface area contributed by atoms with Gasteiger partial charge in [0, 0.05) is 17.2 Å². The quantitative estimate of drug-likeness (QED) is 0.398. The molecule has 1 aromatic heterocycles. The van der Waals surface area contributed by atoms with Crippen molar-refractivity contribution in [3.63, 3.8) is 0 Å². The summed E-state index contributed by atoms with van der Waals surface area (Å²) >= 11 is 0. The van der Waals surface area contributed by atoms with Crippen molar-refractivity contribution in [2.45, 2.75) is 64.1 Å². The summed E-state index contributed by atoms with van der Waals surface area (Å²) in [6.45, 7) is 10.1. The van der Waals surface area contributed by atoms with Crippen LogP contribution in [-0.4, -0.2) is 13.3 Å². The lowest BCUT2D eigenvalue weighted by Gasteiger charge is -2.35. The molecule has 0 bridgehead atoms. The molecule has 0 saturated heterocycles. The number of ether oxygens (including phenoxy) is 1. The van der Waals surface area contributed by atoms with Crippen LogP contribution >= 0.6 is 0 Å². The molecule has 2 aromatic carbocycles. The Morgan fingerprint density at radius 1 is 0.903 bits per heavy atom. The van der Waals surface area contributed by atoms with Crippen molar-refractivity contribution >= 4 is 13.5 Å². The number of pyridine rings is 1. The molecule has 0 amide bonds. The minimum atomic E-state index is -2.14. The van der Waals surface area contributed by atoms with Crippen LogP contribution in [-0.2, 0) is 11.0 Å². The Labute approximate surface area is 186 Å². The van der Waals surface area contributed by atoms with Gasteiger partial charge in [-0.25, -0.2) is 0 Å². The zero-order valence-electron chi connectivity index (χ0n) is 18.9. The monoisotopic (exact) mass is 429 g/mol. The smallest absolute Gasteiger partial charge is 0.232 e. The largest absolute Gasteiger partial charge is 0.457 e. The summed E-state index contributed by atoms with van der Waals surface area (Å²) < 4.78 is 12.7. The molecule has 2 heterocycles. The van der Waals surface area contributed by atoms with E-state index in [2.05, 4.69) is 58.0 Å². The summed E-state index contributed by atoms with van der Waals surface area (Å²) in [6, 6.07) is 20.7. The molecule has 4 heteroatoms. The van der Waals surface area contributed by atoms with E-state index < -0.39 is 8.32 Å². The molecule has 31 heavy (non-hydrogen) atoms. The predicted molar refractivity (Wildman–Crippen MR) is 129 cm³/mol. The van der Waals surface area contributed by atoms with Crippen molar-refractivity contribution < 1.29 is 9.16 Å². The molecule has 0 spiro atoms. The topological polar surface area (TPSA) is 31.4 Å². The van der Waals surface area contributed by atoms with Crippen molar-refractivity contribution in [3.8, 4) is 22.8 Å². The fraction of sp³-hybridized carbons (Fsp3) is 0.370. The first-order valence-corrected chi connectivity index (χ1v) is 13.6. The first kappa shape index (κ1) is 20.5. The minimum absolute atomic E-state index is 0.502. The molecule has 0 atom stereocenters. The molecule has 0 unspecified atom stereocenters. The standard InChI is InChI=1S/C27H31NO2Si/c1-18(2)31(19(3)4)27-22(17-29-31)16-25(20-10-11-20)28-26(27)21-12-14-24(15-13-21)30-23-8-6-5-7-9-23/h5-9,12-16,18-20H,10-11,17H2,1-4H3. The van der Waals surface area contributed by atoms with Crippen LogP contribution in [0.4, 0.5) is 0 Å². The summed E-state index contributed by atoms with van der Waals surface area (Å²) in [7, 11) is -2.14. The van der Waals surface area contributed by atoms with Gasteiger partial charge in [-0.05, 0) is 77.1 Å². The highest BCUT2D eigenvalue weighted by atomic mass is 28.4. The third-order valence-electron chi connectivity index (χ3n) is 6.80. The maximum absolute atomic E-state index is 6.73. The maximum Gasteiger partial charge on any atom is 0.232 e. The van der Waals surface area contributed by atoms with Crippen LogP contribution in [0.2, 0.25) is 11.1 Å². The summed E-state index contributed by atoms with van der Waals surface area (Å²) in [6.07, 6.45) is 2.51. The van der Waals surface area contributed by atoms with Crippen LogP contribution in [0.5, 0.6) is 11.5 Å². The highest BCUT2D eigenvalue weighted by Gasteiger charge is 2.51. The highest BCUT2D eigenvalue weighted by molar-refractivity contribution is 6.90. The second kappa shape index (κ2) is 7.92. The van der Waals surface area contributed by atoms with E-state index in [1.165, 1.54) is 34.8 Å². The molecule has 160 valence electrons. The first-order valence-electron chi connectivity index (χ1n) is 11.5. The molecule has 1 fully saturated rings. The molecule has 1 aliphatic heterocycles. The summed E-state index contributed by atoms with van der Waals surface area (Å²) in [5.41, 5.74) is 5.95. The normalized spacial score (nSPS) is 17.2. The molecule has 0 N–H and O–H groups in total. The van der Waals surface area contributed by atoms with Crippen LogP contribution in [0, 0.1) is 0 Å². The van der Waals surface area contributed by atoms with Crippen LogP contribution in [0.25, 0.3) is 11.3 Å². The van der Waals surface area contributed by atoms with E-state index in [4.69, 9.17) is 14.1 Å². The molecule has 1 saturated carbocycles. The molecular formula is C27H31NO2Si. The summed E-state index contributed by atoms with van der Waals surface area (Å²) in [4.78, 5) is 5.26. The molecular weight excluding hydrogens is 398 g/mol. The van der Waals surface area contributed by atoms with Crippen LogP contribution in [0.15, 0.2) is 60.7 Å². The van der Waals surface area contributed by atoms with Gasteiger partial charge in [0.15, 0.2) is 0 Å². The predicted octanol–water partition coefficient (Wildman–Crippen LogP) is 6.92. The van der Waals surface area contributed by atoms with Crippen molar-refractivity contribution in [1.82, 2.24) is 4.98 Å². The lowest BCUT2D eigenvalue weighted by atomic mass is 10.1. The van der Waals surface area contributed by atoms with Crippen molar-refractivity contribution in [3.05, 3.63) is 71.9 Å². The van der Waals surface area contributed by atoms with Crippen molar-refractivity contribution in [1.29, 1.82) is 0 Å². The third-order valence-corrected chi connectivity index (χ3v) is 12.2. The van der Waals surface area contributed by atoms with Gasteiger partial charge in [0.05, 0.1) is 12.3 Å². The number of fused-ring (bicyclic) bond motifs is 1. The average molecular weight is 430 g/mol. The summed E-state index contributed by atoms with van der Waals surface area (Å²) in [5.74, 6) is 2.32. The fourth-order valence-electron chi connectivity index (χ4n) is 5.12. The van der Waals surface area contributed by atoms with E-state index in [0.717, 1.165) is 23.8 Å². The van der Waals surface area contributed by atoms with Crippen molar-refractivity contribution in [2.75, 3.05) is 0 Å². The zero-order valence-corrected chi connectivity index (χ0v) is 19.9. The van der Waals surface area contributed by atoms with Gasteiger partial charge in [-0.2, -0.15) is 0 Å². The van der Waals surface area contributed by atoms with Gasteiger partial charge in [-0.3, -0.25) is 4.98 Å². The summed E-state index contributed by atoms with van der Waals surface area (Å²) in [5, 5.41) is 1.43. The molecule has 3 aromatic rings. The van der Waals surface area contributed by atoms with E-state index in [9.17, 15) is 0 Å². The lowest BCUT2D eigenvalue weighted by molar-refractivity contribution is 0.299. The van der Waals surface area contributed by atoms with E-state index in [0.29, 0.717) is 17.0 Å². The number of benzene rings is 2. The van der Waals surface area contributed by atoms with Gasteiger partial charge < -0.3 is 9.16 Å². The molecule has 0 radical (unpaired) electrons. The molecule has 3 nitrogen and oxygen atoms in total. The number of hydrogen-bond acceptors (Lipinski definition) is 3. The third kappa shape index (κ3) is 3.62. The molecule has 1 aliphatic carbocycles. The van der Waals surface area contributed by atoms with Gasteiger partial charge in [0.1, 0.15) is 11.5 Å². The molecule has 5 rings (SSSR count). The Bertz CT molecular complexity index is 1060. The second-order valence-corrected chi connectivity index (χ2v) is 14.2. The number of aromatic nitrogens is 1. The first-order chi connectivity index (χ1) is 15.0. The average Bonchev–Trinajstić information content (AvgIpc) is 3.54. The number of para-hydroxylation sites is 1. The minimum Gasteiger partial charge on any atom is -0.457 e. The number of nitrogens with zero attached hydrogens (tertiary/aromatic N) is 1. The zero-order chi connectivity index (χ0) is 21.6. The van der Waals surface area contributed by atoms with E-state index in [1.54, 1.807) is 0 Å². The van der Waals surface area contributed by atoms with Crippen LogP contribution in [0.3, 0.4) is 0 Å². The van der Waals surface area contributed by atoms with Gasteiger partial charge in [0.2, 0.25) is 8.32 Å². The van der Waals surface area contributed by atoms with E-state index in [-0.39, 0.29) is 0 Å². The van der Waals surface area contributed by atoms with Gasteiger partial charge >= 0.3 is 0 Å². The van der Waals surface area contributed by atoms with Gasteiger partial charge in [-0.1, -0.05) is 45.9 Å². The molecule has 2 aliphatic rings. The Balaban J connectivity index is 1.58. The SMILES string of the molecule is CC(C)[Si]1(C(C)C)OCc2cc(C3CC3)nc(-c3ccc(Oc4ccccc4)cc3)c21. The maximum atomic E-state index is 6.73. The Morgan fingerprint density at radius 3 is 2.16 bits per heavy atom. The number of rotatable bonds is 6. The Kier molecular flexibility index (Phi) is 5.23.